The molecule has 1 aliphatic rings. The fraction of sp³-hybridized carbons (Fsp3) is 0.714. The third-order valence-electron chi connectivity index (χ3n) is 3.40. The van der Waals surface area contributed by atoms with Crippen LogP contribution < -0.4 is 15.8 Å². The van der Waals surface area contributed by atoms with Crippen molar-refractivity contribution in [3.8, 4) is 0 Å². The van der Waals surface area contributed by atoms with Crippen LogP contribution >= 0.6 is 15.9 Å². The van der Waals surface area contributed by atoms with Crippen LogP contribution in [0.25, 0.3) is 0 Å². The summed E-state index contributed by atoms with van der Waals surface area (Å²) >= 11 is 3.46. The van der Waals surface area contributed by atoms with Gasteiger partial charge in [-0.1, -0.05) is 13.8 Å². The monoisotopic (exact) mass is 342 g/mol. The van der Waals surface area contributed by atoms with Crippen molar-refractivity contribution in [3.05, 3.63) is 21.0 Å². The minimum Gasteiger partial charge on any atom is -0.366 e. The van der Waals surface area contributed by atoms with E-state index in [4.69, 9.17) is 0 Å². The van der Waals surface area contributed by atoms with Crippen molar-refractivity contribution in [2.75, 3.05) is 18.0 Å². The molecule has 0 bridgehead atoms. The lowest BCUT2D eigenvalue weighted by Gasteiger charge is -2.37. The summed E-state index contributed by atoms with van der Waals surface area (Å²) in [4.78, 5) is 14.6. The van der Waals surface area contributed by atoms with Crippen molar-refractivity contribution in [2.45, 2.75) is 46.3 Å². The van der Waals surface area contributed by atoms with Crippen molar-refractivity contribution in [2.24, 2.45) is 5.92 Å². The topological polar surface area (TPSA) is 50.2 Å². The number of hydrogen-bond acceptors (Lipinski definition) is 4. The van der Waals surface area contributed by atoms with Gasteiger partial charge in [0.05, 0.1) is 11.9 Å². The minimum atomic E-state index is -0.0463. The molecule has 1 aromatic rings. The number of hydrogen-bond donors (Lipinski definition) is 1. The van der Waals surface area contributed by atoms with Gasteiger partial charge in [0.1, 0.15) is 4.47 Å². The summed E-state index contributed by atoms with van der Waals surface area (Å²) in [5.41, 5.74) is 0.852. The number of aromatic nitrogens is 2. The van der Waals surface area contributed by atoms with E-state index < -0.39 is 0 Å². The highest BCUT2D eigenvalue weighted by Gasteiger charge is 2.24. The Morgan fingerprint density at radius 2 is 2.00 bits per heavy atom. The Kier molecular flexibility index (Phi) is 4.86. The molecule has 0 amide bonds. The van der Waals surface area contributed by atoms with Gasteiger partial charge >= 0.3 is 0 Å². The fourth-order valence-electron chi connectivity index (χ4n) is 2.68. The molecule has 0 saturated carbocycles. The Bertz CT molecular complexity index is 518. The van der Waals surface area contributed by atoms with Crippen LogP contribution in [0.3, 0.4) is 0 Å². The van der Waals surface area contributed by atoms with E-state index in [0.29, 0.717) is 29.0 Å². The molecule has 1 aromatic heterocycles. The summed E-state index contributed by atoms with van der Waals surface area (Å²) in [5.74, 6) is 0.400. The first kappa shape index (κ1) is 15.5. The molecular weight excluding hydrogens is 320 g/mol. The van der Waals surface area contributed by atoms with E-state index in [0.717, 1.165) is 18.8 Å². The van der Waals surface area contributed by atoms with E-state index in [2.05, 4.69) is 58.9 Å². The Hall–Kier alpha value is -0.880. The summed E-state index contributed by atoms with van der Waals surface area (Å²) in [5, 5.41) is 7.81. The first-order valence-corrected chi connectivity index (χ1v) is 7.94. The molecule has 0 spiro atoms. The Morgan fingerprint density at radius 3 is 2.55 bits per heavy atom. The Labute approximate surface area is 128 Å². The summed E-state index contributed by atoms with van der Waals surface area (Å²) in [6, 6.07) is 0.812. The number of halogens is 1. The van der Waals surface area contributed by atoms with Crippen LogP contribution in [-0.2, 0) is 6.54 Å². The van der Waals surface area contributed by atoms with Gasteiger partial charge in [-0.05, 0) is 35.7 Å². The molecule has 112 valence electrons. The van der Waals surface area contributed by atoms with Gasteiger partial charge in [0.2, 0.25) is 0 Å². The van der Waals surface area contributed by atoms with Crippen LogP contribution in [0.4, 0.5) is 5.69 Å². The molecule has 0 aliphatic carbocycles. The molecule has 1 saturated heterocycles. The van der Waals surface area contributed by atoms with Gasteiger partial charge in [-0.2, -0.15) is 5.10 Å². The zero-order chi connectivity index (χ0) is 14.9. The predicted octanol–water partition coefficient (Wildman–Crippen LogP) is 1.85. The molecule has 2 rings (SSSR count). The molecule has 0 radical (unpaired) electrons. The molecule has 5 nitrogen and oxygen atoms in total. The third-order valence-corrected chi connectivity index (χ3v) is 4.15. The lowest BCUT2D eigenvalue weighted by atomic mass is 10.1. The summed E-state index contributed by atoms with van der Waals surface area (Å²) in [6.45, 7) is 10.9. The SMILES string of the molecule is CC(C)Cn1ncc(N2CC(C)NC(C)C2)c(Br)c1=O. The fourth-order valence-corrected chi connectivity index (χ4v) is 3.23. The van der Waals surface area contributed by atoms with Gasteiger partial charge in [0, 0.05) is 31.7 Å². The van der Waals surface area contributed by atoms with Crippen LogP contribution in [0, 0.1) is 5.92 Å². The summed E-state index contributed by atoms with van der Waals surface area (Å²) in [7, 11) is 0. The van der Waals surface area contributed by atoms with Crippen molar-refractivity contribution in [1.82, 2.24) is 15.1 Å². The molecule has 1 aliphatic heterocycles. The number of anilines is 1. The van der Waals surface area contributed by atoms with Crippen molar-refractivity contribution in [1.29, 1.82) is 0 Å². The minimum absolute atomic E-state index is 0.0463. The third kappa shape index (κ3) is 3.41. The number of nitrogens with one attached hydrogen (secondary N) is 1. The van der Waals surface area contributed by atoms with E-state index in [1.807, 2.05) is 0 Å². The molecule has 2 unspecified atom stereocenters. The van der Waals surface area contributed by atoms with Gasteiger partial charge < -0.3 is 10.2 Å². The van der Waals surface area contributed by atoms with Crippen LogP contribution in [0.5, 0.6) is 0 Å². The Morgan fingerprint density at radius 1 is 1.40 bits per heavy atom. The van der Waals surface area contributed by atoms with Gasteiger partial charge in [-0.3, -0.25) is 4.79 Å². The van der Waals surface area contributed by atoms with Crippen molar-refractivity contribution < 1.29 is 0 Å². The lowest BCUT2D eigenvalue weighted by Crippen LogP contribution is -2.54. The second-order valence-corrected chi connectivity index (χ2v) is 6.89. The zero-order valence-electron chi connectivity index (χ0n) is 12.6. The van der Waals surface area contributed by atoms with Crippen molar-refractivity contribution >= 4 is 21.6 Å². The predicted molar refractivity (Wildman–Crippen MR) is 85.3 cm³/mol. The number of rotatable bonds is 3. The van der Waals surface area contributed by atoms with Gasteiger partial charge in [0.15, 0.2) is 0 Å². The molecule has 0 aromatic carbocycles. The largest absolute Gasteiger partial charge is 0.366 e. The molecule has 2 atom stereocenters. The molecule has 6 heteroatoms. The van der Waals surface area contributed by atoms with Crippen LogP contribution in [0.2, 0.25) is 0 Å². The second-order valence-electron chi connectivity index (χ2n) is 6.10. The van der Waals surface area contributed by atoms with E-state index in [9.17, 15) is 4.79 Å². The van der Waals surface area contributed by atoms with Gasteiger partial charge in [-0.15, -0.1) is 0 Å². The highest BCUT2D eigenvalue weighted by molar-refractivity contribution is 9.10. The molecule has 2 heterocycles. The maximum Gasteiger partial charge on any atom is 0.283 e. The van der Waals surface area contributed by atoms with Crippen molar-refractivity contribution in [3.63, 3.8) is 0 Å². The molecular formula is C14H23BrN4O. The standard InChI is InChI=1S/C14H23BrN4O/c1-9(2)6-19-14(20)13(15)12(5-16-19)18-7-10(3)17-11(4)8-18/h5,9-11,17H,6-8H2,1-4H3. The Balaban J connectivity index is 2.29. The highest BCUT2D eigenvalue weighted by Crippen LogP contribution is 2.23. The van der Waals surface area contributed by atoms with Crippen LogP contribution in [0.1, 0.15) is 27.7 Å². The second kappa shape index (κ2) is 6.26. The van der Waals surface area contributed by atoms with Gasteiger partial charge in [0.25, 0.3) is 5.56 Å². The van der Waals surface area contributed by atoms with E-state index in [1.54, 1.807) is 6.20 Å². The molecule has 20 heavy (non-hydrogen) atoms. The molecule has 1 N–H and O–H groups in total. The average Bonchev–Trinajstić information content (AvgIpc) is 2.33. The zero-order valence-corrected chi connectivity index (χ0v) is 14.1. The first-order valence-electron chi connectivity index (χ1n) is 7.15. The normalized spacial score (nSPS) is 23.4. The number of nitrogens with zero attached hydrogens (tertiary/aromatic N) is 3. The van der Waals surface area contributed by atoms with E-state index in [-0.39, 0.29) is 5.56 Å². The summed E-state index contributed by atoms with van der Waals surface area (Å²) < 4.78 is 2.15. The quantitative estimate of drug-likeness (QED) is 0.910. The van der Waals surface area contributed by atoms with E-state index >= 15 is 0 Å². The summed E-state index contributed by atoms with van der Waals surface area (Å²) in [6.07, 6.45) is 1.80. The smallest absolute Gasteiger partial charge is 0.283 e. The lowest BCUT2D eigenvalue weighted by molar-refractivity contribution is 0.405. The van der Waals surface area contributed by atoms with Gasteiger partial charge in [-0.25, -0.2) is 4.68 Å². The average molecular weight is 343 g/mol. The molecule has 1 fully saturated rings. The van der Waals surface area contributed by atoms with Crippen LogP contribution in [0.15, 0.2) is 15.5 Å². The first-order chi connectivity index (χ1) is 9.38. The van der Waals surface area contributed by atoms with E-state index in [1.165, 1.54) is 4.68 Å². The van der Waals surface area contributed by atoms with Crippen LogP contribution in [-0.4, -0.2) is 35.0 Å². The highest BCUT2D eigenvalue weighted by atomic mass is 79.9. The maximum atomic E-state index is 12.3. The maximum absolute atomic E-state index is 12.3. The number of piperazine rings is 1.